The van der Waals surface area contributed by atoms with Crippen LogP contribution in [0.1, 0.15) is 68.3 Å². The summed E-state index contributed by atoms with van der Waals surface area (Å²) in [5.41, 5.74) is 4.04. The van der Waals surface area contributed by atoms with E-state index in [1.807, 2.05) is 0 Å². The lowest BCUT2D eigenvalue weighted by molar-refractivity contribution is 0.480. The third-order valence-electron chi connectivity index (χ3n) is 4.80. The van der Waals surface area contributed by atoms with Crippen LogP contribution in [-0.2, 0) is 19.4 Å². The van der Waals surface area contributed by atoms with Crippen LogP contribution < -0.4 is 10.9 Å². The van der Waals surface area contributed by atoms with E-state index in [2.05, 4.69) is 22.9 Å². The molecule has 1 aromatic rings. The maximum absolute atomic E-state index is 12.8. The molecule has 3 rings (SSSR count). The Kier molecular flexibility index (Phi) is 4.25. The van der Waals surface area contributed by atoms with E-state index in [4.69, 9.17) is 0 Å². The maximum Gasteiger partial charge on any atom is 0.255 e. The third-order valence-corrected chi connectivity index (χ3v) is 4.80. The largest absolute Gasteiger partial charge is 0.312 e. The van der Waals surface area contributed by atoms with Crippen LogP contribution in [0.2, 0.25) is 0 Å². The van der Waals surface area contributed by atoms with Gasteiger partial charge in [-0.2, -0.15) is 0 Å². The Morgan fingerprint density at radius 3 is 2.80 bits per heavy atom. The molecule has 1 saturated carbocycles. The smallest absolute Gasteiger partial charge is 0.255 e. The second kappa shape index (κ2) is 6.13. The molecule has 3 nitrogen and oxygen atoms in total. The number of hydrogen-bond acceptors (Lipinski definition) is 2. The van der Waals surface area contributed by atoms with E-state index in [1.165, 1.54) is 43.4 Å². The molecule has 1 N–H and O–H groups in total. The van der Waals surface area contributed by atoms with E-state index in [0.717, 1.165) is 37.9 Å². The fourth-order valence-electron chi connectivity index (χ4n) is 3.81. The lowest BCUT2D eigenvalue weighted by Gasteiger charge is -2.20. The summed E-state index contributed by atoms with van der Waals surface area (Å²) in [6.45, 7) is 3.87. The minimum atomic E-state index is 0.279. The SMILES string of the molecule is CCCNCc1cc2c(n(C3CCCC3)c1=O)CCC2. The van der Waals surface area contributed by atoms with E-state index >= 15 is 0 Å². The summed E-state index contributed by atoms with van der Waals surface area (Å²) in [5, 5.41) is 3.39. The number of nitrogens with zero attached hydrogens (tertiary/aromatic N) is 1. The molecule has 1 aromatic heterocycles. The normalized spacial score (nSPS) is 18.6. The number of pyridine rings is 1. The van der Waals surface area contributed by atoms with E-state index in [0.29, 0.717) is 6.04 Å². The zero-order valence-corrected chi connectivity index (χ0v) is 12.6. The fraction of sp³-hybridized carbons (Fsp3) is 0.706. The van der Waals surface area contributed by atoms with Gasteiger partial charge in [-0.3, -0.25) is 4.79 Å². The highest BCUT2D eigenvalue weighted by Crippen LogP contribution is 2.32. The number of hydrogen-bond donors (Lipinski definition) is 1. The minimum Gasteiger partial charge on any atom is -0.312 e. The molecular formula is C17H26N2O. The molecule has 2 aliphatic rings. The van der Waals surface area contributed by atoms with Gasteiger partial charge in [-0.25, -0.2) is 0 Å². The van der Waals surface area contributed by atoms with Gasteiger partial charge in [0.05, 0.1) is 0 Å². The molecule has 110 valence electrons. The van der Waals surface area contributed by atoms with E-state index in [1.54, 1.807) is 0 Å². The van der Waals surface area contributed by atoms with Crippen LogP contribution in [0.3, 0.4) is 0 Å². The van der Waals surface area contributed by atoms with Gasteiger partial charge in [-0.05, 0) is 56.7 Å². The van der Waals surface area contributed by atoms with Crippen LogP contribution in [0.15, 0.2) is 10.9 Å². The Morgan fingerprint density at radius 1 is 1.25 bits per heavy atom. The van der Waals surface area contributed by atoms with Crippen LogP contribution in [0.5, 0.6) is 0 Å². The highest BCUT2D eigenvalue weighted by molar-refractivity contribution is 5.31. The molecule has 0 radical (unpaired) electrons. The zero-order valence-electron chi connectivity index (χ0n) is 12.6. The highest BCUT2D eigenvalue weighted by atomic mass is 16.1. The van der Waals surface area contributed by atoms with Gasteiger partial charge < -0.3 is 9.88 Å². The van der Waals surface area contributed by atoms with Crippen molar-refractivity contribution >= 4 is 0 Å². The van der Waals surface area contributed by atoms with Gasteiger partial charge in [0, 0.05) is 23.8 Å². The summed E-state index contributed by atoms with van der Waals surface area (Å²) in [6, 6.07) is 2.65. The van der Waals surface area contributed by atoms with Crippen molar-refractivity contribution in [1.29, 1.82) is 0 Å². The Labute approximate surface area is 121 Å². The molecule has 0 unspecified atom stereocenters. The van der Waals surface area contributed by atoms with Crippen molar-refractivity contribution in [2.75, 3.05) is 6.54 Å². The van der Waals surface area contributed by atoms with E-state index < -0.39 is 0 Å². The Bertz CT molecular complexity index is 527. The summed E-state index contributed by atoms with van der Waals surface area (Å²) >= 11 is 0. The Morgan fingerprint density at radius 2 is 2.05 bits per heavy atom. The van der Waals surface area contributed by atoms with Gasteiger partial charge in [0.15, 0.2) is 0 Å². The van der Waals surface area contributed by atoms with Gasteiger partial charge in [-0.1, -0.05) is 19.8 Å². The van der Waals surface area contributed by atoms with Crippen molar-refractivity contribution in [2.45, 2.75) is 70.9 Å². The molecule has 0 spiro atoms. The number of fused-ring (bicyclic) bond motifs is 1. The van der Waals surface area contributed by atoms with Gasteiger partial charge in [0.2, 0.25) is 0 Å². The maximum atomic E-state index is 12.8. The fourth-order valence-corrected chi connectivity index (χ4v) is 3.81. The van der Waals surface area contributed by atoms with Crippen LogP contribution in [0, 0.1) is 0 Å². The standard InChI is InChI=1S/C17H26N2O/c1-2-10-18-12-14-11-13-6-5-9-16(13)19(17(14)20)15-7-3-4-8-15/h11,15,18H,2-10,12H2,1H3. The predicted octanol–water partition coefficient (Wildman–Crippen LogP) is 2.95. The summed E-state index contributed by atoms with van der Waals surface area (Å²) in [6.07, 6.45) is 9.53. The quantitative estimate of drug-likeness (QED) is 0.838. The average Bonchev–Trinajstić information content (AvgIpc) is 3.10. The monoisotopic (exact) mass is 274 g/mol. The zero-order chi connectivity index (χ0) is 13.9. The van der Waals surface area contributed by atoms with Crippen molar-refractivity contribution < 1.29 is 0 Å². The highest BCUT2D eigenvalue weighted by Gasteiger charge is 2.25. The van der Waals surface area contributed by atoms with Crippen LogP contribution in [-0.4, -0.2) is 11.1 Å². The molecule has 0 saturated heterocycles. The predicted molar refractivity (Wildman–Crippen MR) is 82.2 cm³/mol. The summed E-state index contributed by atoms with van der Waals surface area (Å²) in [4.78, 5) is 12.8. The second-order valence-corrected chi connectivity index (χ2v) is 6.29. The molecule has 1 heterocycles. The number of aryl methyl sites for hydroxylation is 1. The third kappa shape index (κ3) is 2.56. The number of rotatable bonds is 5. The molecule has 0 amide bonds. The molecular weight excluding hydrogens is 248 g/mol. The minimum absolute atomic E-state index is 0.279. The Hall–Kier alpha value is -1.09. The molecule has 1 fully saturated rings. The Balaban J connectivity index is 1.96. The van der Waals surface area contributed by atoms with E-state index in [9.17, 15) is 4.79 Å². The van der Waals surface area contributed by atoms with Crippen molar-refractivity contribution in [2.24, 2.45) is 0 Å². The van der Waals surface area contributed by atoms with E-state index in [-0.39, 0.29) is 5.56 Å². The summed E-state index contributed by atoms with van der Waals surface area (Å²) < 4.78 is 2.18. The van der Waals surface area contributed by atoms with Crippen LogP contribution in [0.4, 0.5) is 0 Å². The molecule has 0 bridgehead atoms. The summed E-state index contributed by atoms with van der Waals surface area (Å²) in [7, 11) is 0. The first-order valence-corrected chi connectivity index (χ1v) is 8.28. The lowest BCUT2D eigenvalue weighted by atomic mass is 10.1. The van der Waals surface area contributed by atoms with Gasteiger partial charge in [-0.15, -0.1) is 0 Å². The first-order valence-electron chi connectivity index (χ1n) is 8.28. The first-order chi connectivity index (χ1) is 9.81. The molecule has 3 heteroatoms. The van der Waals surface area contributed by atoms with Crippen LogP contribution in [0.25, 0.3) is 0 Å². The van der Waals surface area contributed by atoms with Crippen molar-refractivity contribution in [3.05, 3.63) is 33.2 Å². The number of nitrogens with one attached hydrogen (secondary N) is 1. The topological polar surface area (TPSA) is 34.0 Å². The second-order valence-electron chi connectivity index (χ2n) is 6.29. The molecule has 0 aromatic carbocycles. The van der Waals surface area contributed by atoms with Crippen molar-refractivity contribution in [1.82, 2.24) is 9.88 Å². The molecule has 0 atom stereocenters. The summed E-state index contributed by atoms with van der Waals surface area (Å²) in [5.74, 6) is 0. The van der Waals surface area contributed by atoms with Crippen molar-refractivity contribution in [3.8, 4) is 0 Å². The van der Waals surface area contributed by atoms with Crippen molar-refractivity contribution in [3.63, 3.8) is 0 Å². The molecule has 2 aliphatic carbocycles. The van der Waals surface area contributed by atoms with Gasteiger partial charge >= 0.3 is 0 Å². The number of aromatic nitrogens is 1. The lowest BCUT2D eigenvalue weighted by Crippen LogP contribution is -2.32. The average molecular weight is 274 g/mol. The molecule has 20 heavy (non-hydrogen) atoms. The van der Waals surface area contributed by atoms with Crippen LogP contribution >= 0.6 is 0 Å². The van der Waals surface area contributed by atoms with Gasteiger partial charge in [0.25, 0.3) is 5.56 Å². The first kappa shape index (κ1) is 13.9. The van der Waals surface area contributed by atoms with Gasteiger partial charge in [0.1, 0.15) is 0 Å². The molecule has 0 aliphatic heterocycles.